The summed E-state index contributed by atoms with van der Waals surface area (Å²) in [6.45, 7) is 2.38. The molecule has 3 nitrogen and oxygen atoms in total. The Hall–Kier alpha value is -2.42. The summed E-state index contributed by atoms with van der Waals surface area (Å²) < 4.78 is 5.07. The largest absolute Gasteiger partial charge is 0.466 e. The van der Waals surface area contributed by atoms with Gasteiger partial charge >= 0.3 is 5.97 Å². The van der Waals surface area contributed by atoms with Crippen molar-refractivity contribution in [2.24, 2.45) is 4.99 Å². The maximum absolute atomic E-state index is 11.0. The fourth-order valence-electron chi connectivity index (χ4n) is 2.51. The van der Waals surface area contributed by atoms with Crippen molar-refractivity contribution in [3.8, 4) is 0 Å². The van der Waals surface area contributed by atoms with E-state index in [1.165, 1.54) is 18.4 Å². The molecule has 0 unspecified atom stereocenters. The van der Waals surface area contributed by atoms with Crippen molar-refractivity contribution in [2.75, 3.05) is 6.61 Å². The lowest BCUT2D eigenvalue weighted by molar-refractivity contribution is -0.143. The van der Waals surface area contributed by atoms with E-state index in [1.807, 2.05) is 43.5 Å². The van der Waals surface area contributed by atoms with Crippen molar-refractivity contribution in [3.05, 3.63) is 65.7 Å². The number of esters is 1. The quantitative estimate of drug-likeness (QED) is 0.326. The van der Waals surface area contributed by atoms with Crippen LogP contribution in [0.15, 0.2) is 59.6 Å². The molecule has 0 bridgehead atoms. The number of para-hydroxylation sites is 1. The van der Waals surface area contributed by atoms with E-state index in [0.29, 0.717) is 13.0 Å². The first-order valence-electron chi connectivity index (χ1n) is 9.11. The van der Waals surface area contributed by atoms with Crippen LogP contribution in [0.4, 0.5) is 5.69 Å². The fourth-order valence-corrected chi connectivity index (χ4v) is 2.51. The fraction of sp³-hybridized carbons (Fsp3) is 0.364. The van der Waals surface area contributed by atoms with Gasteiger partial charge in [-0.15, -0.1) is 0 Å². The molecule has 0 heterocycles. The lowest BCUT2D eigenvalue weighted by Crippen LogP contribution is -2.03. The maximum Gasteiger partial charge on any atom is 0.305 e. The third-order valence-electron chi connectivity index (χ3n) is 4.01. The highest BCUT2D eigenvalue weighted by atomic mass is 16.5. The van der Waals surface area contributed by atoms with Gasteiger partial charge in [0.2, 0.25) is 0 Å². The first-order valence-corrected chi connectivity index (χ1v) is 9.11. The van der Waals surface area contributed by atoms with Crippen LogP contribution in [-0.2, 0) is 16.0 Å². The van der Waals surface area contributed by atoms with Crippen LogP contribution in [0, 0.1) is 0 Å². The van der Waals surface area contributed by atoms with Crippen molar-refractivity contribution in [2.45, 2.75) is 45.4 Å². The second-order valence-corrected chi connectivity index (χ2v) is 6.07. The Balaban J connectivity index is 1.63. The summed E-state index contributed by atoms with van der Waals surface area (Å²) in [5.74, 6) is -0.101. The predicted molar refractivity (Wildman–Crippen MR) is 104 cm³/mol. The zero-order valence-corrected chi connectivity index (χ0v) is 15.0. The minimum Gasteiger partial charge on any atom is -0.466 e. The van der Waals surface area contributed by atoms with Gasteiger partial charge in [-0.2, -0.15) is 0 Å². The highest BCUT2D eigenvalue weighted by molar-refractivity contribution is 5.81. The summed E-state index contributed by atoms with van der Waals surface area (Å²) in [5.41, 5.74) is 3.44. The number of hydrogen-bond acceptors (Lipinski definition) is 3. The van der Waals surface area contributed by atoms with Gasteiger partial charge in [-0.3, -0.25) is 9.79 Å². The first-order chi connectivity index (χ1) is 12.3. The molecule has 2 aromatic carbocycles. The Morgan fingerprint density at radius 1 is 0.960 bits per heavy atom. The molecule has 0 amide bonds. The van der Waals surface area contributed by atoms with Crippen LogP contribution in [0.3, 0.4) is 0 Å². The summed E-state index contributed by atoms with van der Waals surface area (Å²) in [6.07, 6.45) is 7.85. The van der Waals surface area contributed by atoms with Crippen molar-refractivity contribution >= 4 is 17.9 Å². The molecule has 132 valence electrons. The van der Waals surface area contributed by atoms with Gasteiger partial charge in [0.25, 0.3) is 0 Å². The summed E-state index contributed by atoms with van der Waals surface area (Å²) in [4.78, 5) is 15.5. The summed E-state index contributed by atoms with van der Waals surface area (Å²) in [7, 11) is 0. The average molecular weight is 337 g/mol. The van der Waals surface area contributed by atoms with Gasteiger partial charge in [-0.05, 0) is 42.5 Å². The van der Waals surface area contributed by atoms with E-state index >= 15 is 0 Å². The monoisotopic (exact) mass is 337 g/mol. The first kappa shape index (κ1) is 18.9. The molecule has 2 rings (SSSR count). The number of aliphatic imine (C=N–C) groups is 1. The van der Waals surface area contributed by atoms with Gasteiger partial charge in [0.1, 0.15) is 0 Å². The van der Waals surface area contributed by atoms with Crippen LogP contribution in [0.5, 0.6) is 0 Å². The molecule has 0 saturated carbocycles. The van der Waals surface area contributed by atoms with Crippen molar-refractivity contribution in [3.63, 3.8) is 0 Å². The van der Waals surface area contributed by atoms with E-state index in [2.05, 4.69) is 29.3 Å². The smallest absolute Gasteiger partial charge is 0.305 e. The van der Waals surface area contributed by atoms with Gasteiger partial charge < -0.3 is 4.74 Å². The molecule has 0 aliphatic carbocycles. The van der Waals surface area contributed by atoms with Gasteiger partial charge in [-0.1, -0.05) is 62.2 Å². The average Bonchev–Trinajstić information content (AvgIpc) is 2.67. The van der Waals surface area contributed by atoms with Gasteiger partial charge in [-0.25, -0.2) is 0 Å². The van der Waals surface area contributed by atoms with Gasteiger partial charge in [0, 0.05) is 12.6 Å². The van der Waals surface area contributed by atoms with E-state index < -0.39 is 0 Å². The molecule has 2 aromatic rings. The number of hydrogen-bond donors (Lipinski definition) is 0. The minimum absolute atomic E-state index is 0.101. The zero-order chi connectivity index (χ0) is 17.7. The van der Waals surface area contributed by atoms with Crippen molar-refractivity contribution in [1.29, 1.82) is 0 Å². The molecule has 3 heteroatoms. The predicted octanol–water partition coefficient (Wildman–Crippen LogP) is 5.49. The molecule has 0 atom stereocenters. The van der Waals surface area contributed by atoms with Crippen LogP contribution in [0.25, 0.3) is 0 Å². The minimum atomic E-state index is -0.101. The van der Waals surface area contributed by atoms with Crippen LogP contribution in [0.2, 0.25) is 0 Å². The summed E-state index contributed by atoms with van der Waals surface area (Å²) in [6, 6.07) is 18.5. The molecule has 0 fully saturated rings. The third-order valence-corrected chi connectivity index (χ3v) is 4.01. The van der Waals surface area contributed by atoms with Gasteiger partial charge in [0.15, 0.2) is 0 Å². The normalized spacial score (nSPS) is 10.9. The van der Waals surface area contributed by atoms with Crippen molar-refractivity contribution in [1.82, 2.24) is 0 Å². The van der Waals surface area contributed by atoms with Crippen LogP contribution < -0.4 is 0 Å². The zero-order valence-electron chi connectivity index (χ0n) is 15.0. The number of unbranched alkanes of at least 4 members (excludes halogenated alkanes) is 3. The molecule has 0 radical (unpaired) electrons. The number of ether oxygens (including phenoxy) is 1. The molecule has 0 aliphatic rings. The Morgan fingerprint density at radius 3 is 2.40 bits per heavy atom. The molecule has 0 spiro atoms. The van der Waals surface area contributed by atoms with Gasteiger partial charge in [0.05, 0.1) is 12.3 Å². The molecule has 0 saturated heterocycles. The van der Waals surface area contributed by atoms with E-state index in [1.54, 1.807) is 0 Å². The Bertz CT molecular complexity index is 647. The second-order valence-electron chi connectivity index (χ2n) is 6.07. The molecule has 0 aliphatic heterocycles. The van der Waals surface area contributed by atoms with Crippen LogP contribution in [0.1, 0.15) is 50.2 Å². The maximum atomic E-state index is 11.0. The van der Waals surface area contributed by atoms with Crippen LogP contribution in [-0.4, -0.2) is 18.8 Å². The number of benzene rings is 2. The summed E-state index contributed by atoms with van der Waals surface area (Å²) in [5, 5.41) is 0. The highest BCUT2D eigenvalue weighted by Crippen LogP contribution is 2.12. The SMILES string of the molecule is CCC(=O)OCCCCCCc1ccc(C=Nc2ccccc2)cc1. The Kier molecular flexibility index (Phi) is 8.46. The van der Waals surface area contributed by atoms with E-state index in [0.717, 1.165) is 30.5 Å². The molecule has 0 N–H and O–H groups in total. The molecular weight excluding hydrogens is 310 g/mol. The Labute approximate surface area is 150 Å². The molecular formula is C22H27NO2. The number of nitrogens with zero attached hydrogens (tertiary/aromatic N) is 1. The standard InChI is InChI=1S/C22H27NO2/c1-2-22(24)25-17-9-4-3-6-10-19-13-15-20(16-14-19)18-23-21-11-7-5-8-12-21/h5,7-8,11-16,18H,2-4,6,9-10,17H2,1H3. The van der Waals surface area contributed by atoms with E-state index in [9.17, 15) is 4.79 Å². The Morgan fingerprint density at radius 2 is 1.68 bits per heavy atom. The number of carbonyl (C=O) groups is 1. The third kappa shape index (κ3) is 7.79. The molecule has 0 aromatic heterocycles. The van der Waals surface area contributed by atoms with Crippen LogP contribution >= 0.6 is 0 Å². The lowest BCUT2D eigenvalue weighted by Gasteiger charge is -2.04. The summed E-state index contributed by atoms with van der Waals surface area (Å²) >= 11 is 0. The topological polar surface area (TPSA) is 38.7 Å². The van der Waals surface area contributed by atoms with Crippen molar-refractivity contribution < 1.29 is 9.53 Å². The molecule has 25 heavy (non-hydrogen) atoms. The lowest BCUT2D eigenvalue weighted by atomic mass is 10.0. The number of aryl methyl sites for hydroxylation is 1. The van der Waals surface area contributed by atoms with E-state index in [-0.39, 0.29) is 5.97 Å². The highest BCUT2D eigenvalue weighted by Gasteiger charge is 1.98. The van der Waals surface area contributed by atoms with E-state index in [4.69, 9.17) is 4.74 Å². The number of rotatable bonds is 10. The second kappa shape index (κ2) is 11.2. The number of carbonyl (C=O) groups excluding carboxylic acids is 1.